The number of nitrogens with one attached hydrogen (secondary N) is 1. The van der Waals surface area contributed by atoms with E-state index in [9.17, 15) is 22.4 Å². The van der Waals surface area contributed by atoms with Gasteiger partial charge in [-0.05, 0) is 42.7 Å². The third-order valence-corrected chi connectivity index (χ3v) is 5.69. The number of thioether (sulfide) groups is 1. The molecule has 0 radical (unpaired) electrons. The van der Waals surface area contributed by atoms with Crippen LogP contribution in [0.3, 0.4) is 0 Å². The predicted octanol–water partition coefficient (Wildman–Crippen LogP) is 3.46. The van der Waals surface area contributed by atoms with Crippen LogP contribution in [0.15, 0.2) is 35.6 Å². The molecule has 1 heterocycles. The average molecular weight is 510 g/mol. The molecular formula is C23H23F4N5O2S. The van der Waals surface area contributed by atoms with E-state index in [1.807, 2.05) is 0 Å². The average Bonchev–Trinajstić information content (AvgIpc) is 2.83. The van der Waals surface area contributed by atoms with Gasteiger partial charge in [-0.1, -0.05) is 23.7 Å². The van der Waals surface area contributed by atoms with Crippen LogP contribution < -0.4 is 15.8 Å². The van der Waals surface area contributed by atoms with Crippen molar-refractivity contribution in [2.24, 2.45) is 10.7 Å². The van der Waals surface area contributed by atoms with Crippen LogP contribution in [-0.4, -0.2) is 52.4 Å². The first-order valence-corrected chi connectivity index (χ1v) is 10.9. The number of hydrogen-bond donors (Lipinski definition) is 2. The van der Waals surface area contributed by atoms with E-state index in [0.717, 1.165) is 30.1 Å². The van der Waals surface area contributed by atoms with Crippen LogP contribution in [0.4, 0.5) is 17.6 Å². The molecule has 0 aliphatic heterocycles. The number of terminal acetylenes is 1. The van der Waals surface area contributed by atoms with Crippen LogP contribution in [-0.2, 0) is 11.2 Å². The van der Waals surface area contributed by atoms with Gasteiger partial charge in [0.05, 0.1) is 18.9 Å². The summed E-state index contributed by atoms with van der Waals surface area (Å²) in [6, 6.07) is 3.78. The monoisotopic (exact) mass is 509 g/mol. The van der Waals surface area contributed by atoms with Gasteiger partial charge in [-0.25, -0.2) is 27.5 Å². The molecule has 1 amide bonds. The van der Waals surface area contributed by atoms with Gasteiger partial charge in [0.15, 0.2) is 17.6 Å². The SMILES string of the molecule is C#CCOc1cnc(/C(F)=C/c2ccc(F)c(C[C@](C)(SC(N)=NC)C(=O)NCC(F)F)c2)cn1. The first kappa shape index (κ1) is 27.7. The standard InChI is InChI=1S/C23H23F4N5O2S/c1-4-7-34-20-13-30-18(11-31-20)17(25)9-14-5-6-16(24)15(8-14)10-23(2,35-22(28)29-3)21(33)32-12-19(26)27/h1,5-6,8-9,11,13,19H,7,10,12H2,2-3H3,(H2,28,29)(H,32,33)/b17-9-/t23-/m0/s1. The van der Waals surface area contributed by atoms with Crippen LogP contribution in [0.25, 0.3) is 11.9 Å². The lowest BCUT2D eigenvalue weighted by molar-refractivity contribution is -0.123. The van der Waals surface area contributed by atoms with E-state index in [-0.39, 0.29) is 40.9 Å². The number of ether oxygens (including phenoxy) is 1. The molecule has 0 fully saturated rings. The van der Waals surface area contributed by atoms with Crippen molar-refractivity contribution in [2.75, 3.05) is 20.2 Å². The number of amides is 1. The summed E-state index contributed by atoms with van der Waals surface area (Å²) in [5.41, 5.74) is 5.96. The Morgan fingerprint density at radius 2 is 2.14 bits per heavy atom. The van der Waals surface area contributed by atoms with E-state index in [0.29, 0.717) is 0 Å². The van der Waals surface area contributed by atoms with Crippen LogP contribution in [0.5, 0.6) is 5.88 Å². The summed E-state index contributed by atoms with van der Waals surface area (Å²) in [5.74, 6) is 0.190. The van der Waals surface area contributed by atoms with Crippen molar-refractivity contribution in [1.29, 1.82) is 0 Å². The summed E-state index contributed by atoms with van der Waals surface area (Å²) in [5, 5.41) is 2.14. The van der Waals surface area contributed by atoms with Gasteiger partial charge in [0.1, 0.15) is 16.3 Å². The number of carbonyl (C=O) groups is 1. The molecule has 1 aromatic carbocycles. The lowest BCUT2D eigenvalue weighted by atomic mass is 9.97. The smallest absolute Gasteiger partial charge is 0.255 e. The van der Waals surface area contributed by atoms with Gasteiger partial charge < -0.3 is 15.8 Å². The minimum atomic E-state index is -2.76. The predicted molar refractivity (Wildman–Crippen MR) is 128 cm³/mol. The minimum absolute atomic E-state index is 0.00967. The number of halogens is 4. The van der Waals surface area contributed by atoms with Gasteiger partial charge in [0.25, 0.3) is 6.43 Å². The number of rotatable bonds is 10. The Kier molecular flexibility index (Phi) is 10.1. The largest absolute Gasteiger partial charge is 0.463 e. The van der Waals surface area contributed by atoms with Gasteiger partial charge in [-0.3, -0.25) is 9.79 Å². The van der Waals surface area contributed by atoms with E-state index in [1.165, 1.54) is 32.3 Å². The Morgan fingerprint density at radius 3 is 2.74 bits per heavy atom. The molecule has 7 nitrogen and oxygen atoms in total. The highest BCUT2D eigenvalue weighted by molar-refractivity contribution is 8.15. The molecule has 186 valence electrons. The Hall–Kier alpha value is -3.59. The van der Waals surface area contributed by atoms with Crippen molar-refractivity contribution in [3.05, 3.63) is 53.2 Å². The maximum absolute atomic E-state index is 14.7. The van der Waals surface area contributed by atoms with E-state index >= 15 is 0 Å². The van der Waals surface area contributed by atoms with Crippen molar-refractivity contribution >= 4 is 34.7 Å². The summed E-state index contributed by atoms with van der Waals surface area (Å²) in [6.07, 6.45) is 5.55. The Balaban J connectivity index is 2.31. The molecular weight excluding hydrogens is 486 g/mol. The van der Waals surface area contributed by atoms with E-state index in [1.54, 1.807) is 0 Å². The summed E-state index contributed by atoms with van der Waals surface area (Å²) < 4.78 is 58.1. The fourth-order valence-electron chi connectivity index (χ4n) is 2.83. The van der Waals surface area contributed by atoms with Gasteiger partial charge in [-0.2, -0.15) is 0 Å². The number of hydrogen-bond acceptors (Lipinski definition) is 6. The van der Waals surface area contributed by atoms with Crippen LogP contribution in [0.1, 0.15) is 23.7 Å². The summed E-state index contributed by atoms with van der Waals surface area (Å²) in [7, 11) is 1.39. The first-order valence-electron chi connectivity index (χ1n) is 10.1. The molecule has 0 bridgehead atoms. The number of alkyl halides is 2. The topological polar surface area (TPSA) is 102 Å². The summed E-state index contributed by atoms with van der Waals surface area (Å²) in [4.78, 5) is 24.3. The number of aromatic nitrogens is 2. The van der Waals surface area contributed by atoms with Crippen LogP contribution in [0, 0.1) is 18.2 Å². The molecule has 0 saturated carbocycles. The van der Waals surface area contributed by atoms with Crippen LogP contribution >= 0.6 is 11.8 Å². The lowest BCUT2D eigenvalue weighted by Gasteiger charge is -2.27. The number of nitrogens with two attached hydrogens (primary N) is 1. The number of benzene rings is 1. The maximum atomic E-state index is 14.7. The summed E-state index contributed by atoms with van der Waals surface area (Å²) >= 11 is 0.806. The van der Waals surface area contributed by atoms with Crippen molar-refractivity contribution in [1.82, 2.24) is 15.3 Å². The molecule has 0 aliphatic carbocycles. The first-order chi connectivity index (χ1) is 16.6. The van der Waals surface area contributed by atoms with Crippen LogP contribution in [0.2, 0.25) is 0 Å². The molecule has 2 aromatic rings. The summed E-state index contributed by atoms with van der Waals surface area (Å²) in [6.45, 7) is 0.540. The van der Waals surface area contributed by atoms with Crippen molar-refractivity contribution in [2.45, 2.75) is 24.5 Å². The lowest BCUT2D eigenvalue weighted by Crippen LogP contribution is -2.46. The second-order valence-corrected chi connectivity index (χ2v) is 8.77. The van der Waals surface area contributed by atoms with Gasteiger partial charge in [0, 0.05) is 7.05 Å². The molecule has 0 spiro atoms. The fourth-order valence-corrected chi connectivity index (χ4v) is 3.77. The van der Waals surface area contributed by atoms with Gasteiger partial charge in [-0.15, -0.1) is 6.42 Å². The van der Waals surface area contributed by atoms with Gasteiger partial charge in [0.2, 0.25) is 11.8 Å². The highest BCUT2D eigenvalue weighted by Crippen LogP contribution is 2.31. The zero-order valence-corrected chi connectivity index (χ0v) is 19.7. The molecule has 35 heavy (non-hydrogen) atoms. The third kappa shape index (κ3) is 8.29. The second-order valence-electron chi connectivity index (χ2n) is 7.25. The van der Waals surface area contributed by atoms with E-state index < -0.39 is 35.3 Å². The van der Waals surface area contributed by atoms with Gasteiger partial charge >= 0.3 is 0 Å². The number of carbonyl (C=O) groups excluding carboxylic acids is 1. The van der Waals surface area contributed by atoms with Crippen molar-refractivity contribution < 1.29 is 27.1 Å². The van der Waals surface area contributed by atoms with E-state index in [2.05, 4.69) is 26.2 Å². The maximum Gasteiger partial charge on any atom is 0.255 e. The molecule has 2 rings (SSSR count). The zero-order chi connectivity index (χ0) is 26.0. The molecule has 1 atom stereocenters. The normalized spacial score (nSPS) is 13.8. The molecule has 12 heteroatoms. The highest BCUT2D eigenvalue weighted by Gasteiger charge is 2.36. The number of aliphatic imine (C=N–C) groups is 1. The molecule has 0 aliphatic rings. The van der Waals surface area contributed by atoms with E-state index in [4.69, 9.17) is 16.9 Å². The van der Waals surface area contributed by atoms with Crippen molar-refractivity contribution in [3.63, 3.8) is 0 Å². The molecule has 0 unspecified atom stereocenters. The second kappa shape index (κ2) is 12.8. The Bertz CT molecular complexity index is 1140. The fraction of sp³-hybridized carbons (Fsp3) is 0.304. The molecule has 1 aromatic heterocycles. The number of nitrogens with zero attached hydrogens (tertiary/aromatic N) is 3. The number of amidine groups is 1. The quantitative estimate of drug-likeness (QED) is 0.220. The minimum Gasteiger partial charge on any atom is -0.463 e. The molecule has 0 saturated heterocycles. The third-order valence-electron chi connectivity index (χ3n) is 4.51. The Labute approximate surface area is 204 Å². The Morgan fingerprint density at radius 1 is 1.40 bits per heavy atom. The zero-order valence-electron chi connectivity index (χ0n) is 18.9. The highest BCUT2D eigenvalue weighted by atomic mass is 32.2. The molecule has 3 N–H and O–H groups in total. The van der Waals surface area contributed by atoms with Crippen molar-refractivity contribution in [3.8, 4) is 18.2 Å².